The zero-order valence-electron chi connectivity index (χ0n) is 7.66. The van der Waals surface area contributed by atoms with Crippen molar-refractivity contribution in [3.63, 3.8) is 0 Å². The molecular weight excluding hydrogens is 168 g/mol. The van der Waals surface area contributed by atoms with Crippen molar-refractivity contribution in [1.82, 2.24) is 9.88 Å². The first-order valence-electron chi connectivity index (χ1n) is 4.25. The van der Waals surface area contributed by atoms with Gasteiger partial charge in [-0.1, -0.05) is 0 Å². The summed E-state index contributed by atoms with van der Waals surface area (Å²) in [6, 6.07) is 1.76. The number of aryl methyl sites for hydroxylation is 1. The minimum Gasteiger partial charge on any atom is -0.396 e. The summed E-state index contributed by atoms with van der Waals surface area (Å²) in [4.78, 5) is 11.3. The van der Waals surface area contributed by atoms with Crippen molar-refractivity contribution in [2.45, 2.75) is 6.42 Å². The molecule has 0 radical (unpaired) electrons. The molecule has 0 aliphatic rings. The lowest BCUT2D eigenvalue weighted by Gasteiger charge is -2.00. The third-order valence-electron chi connectivity index (χ3n) is 1.71. The first-order valence-corrected chi connectivity index (χ1v) is 4.25. The normalized spacial score (nSPS) is 10.0. The van der Waals surface area contributed by atoms with E-state index in [-0.39, 0.29) is 12.5 Å². The van der Waals surface area contributed by atoms with Crippen LogP contribution < -0.4 is 5.32 Å². The Morgan fingerprint density at radius 1 is 1.69 bits per heavy atom. The zero-order valence-corrected chi connectivity index (χ0v) is 7.66. The van der Waals surface area contributed by atoms with Gasteiger partial charge in [-0.25, -0.2) is 0 Å². The third kappa shape index (κ3) is 2.91. The van der Waals surface area contributed by atoms with Gasteiger partial charge in [0.25, 0.3) is 5.91 Å². The van der Waals surface area contributed by atoms with E-state index < -0.39 is 0 Å². The van der Waals surface area contributed by atoms with E-state index in [9.17, 15) is 4.79 Å². The van der Waals surface area contributed by atoms with Crippen LogP contribution in [0.1, 0.15) is 16.8 Å². The summed E-state index contributed by atoms with van der Waals surface area (Å²) in [6.07, 6.45) is 4.17. The van der Waals surface area contributed by atoms with E-state index in [0.29, 0.717) is 18.5 Å². The highest BCUT2D eigenvalue weighted by atomic mass is 16.3. The van der Waals surface area contributed by atoms with Crippen molar-refractivity contribution in [3.05, 3.63) is 24.0 Å². The van der Waals surface area contributed by atoms with Crippen LogP contribution in [0.2, 0.25) is 0 Å². The lowest BCUT2D eigenvalue weighted by atomic mass is 10.3. The number of amides is 1. The Morgan fingerprint density at radius 3 is 3.00 bits per heavy atom. The summed E-state index contributed by atoms with van der Waals surface area (Å²) >= 11 is 0. The molecule has 0 saturated carbocycles. The molecule has 1 heterocycles. The molecular formula is C9H14N2O2. The third-order valence-corrected chi connectivity index (χ3v) is 1.71. The van der Waals surface area contributed by atoms with Crippen LogP contribution in [0.25, 0.3) is 0 Å². The molecule has 0 unspecified atom stereocenters. The molecule has 0 bridgehead atoms. The summed E-state index contributed by atoms with van der Waals surface area (Å²) in [7, 11) is 1.87. The largest absolute Gasteiger partial charge is 0.396 e. The van der Waals surface area contributed by atoms with Crippen LogP contribution in [0.5, 0.6) is 0 Å². The Morgan fingerprint density at radius 2 is 2.46 bits per heavy atom. The minimum absolute atomic E-state index is 0.0888. The lowest BCUT2D eigenvalue weighted by Crippen LogP contribution is -2.24. The summed E-state index contributed by atoms with van der Waals surface area (Å²) in [5.41, 5.74) is 0.653. The van der Waals surface area contributed by atoms with Gasteiger partial charge in [-0.15, -0.1) is 0 Å². The number of aliphatic hydroxyl groups excluding tert-OH is 1. The molecule has 0 atom stereocenters. The van der Waals surface area contributed by atoms with E-state index >= 15 is 0 Å². The van der Waals surface area contributed by atoms with E-state index in [1.165, 1.54) is 0 Å². The molecule has 1 aromatic rings. The topological polar surface area (TPSA) is 54.3 Å². The molecule has 0 aliphatic carbocycles. The molecule has 13 heavy (non-hydrogen) atoms. The van der Waals surface area contributed by atoms with Crippen molar-refractivity contribution in [3.8, 4) is 0 Å². The van der Waals surface area contributed by atoms with Crippen LogP contribution in [0.4, 0.5) is 0 Å². The van der Waals surface area contributed by atoms with Crippen molar-refractivity contribution < 1.29 is 9.90 Å². The standard InChI is InChI=1S/C9H14N2O2/c1-11-5-3-8(7-11)9(13)10-4-2-6-12/h3,5,7,12H,2,4,6H2,1H3,(H,10,13). The maximum absolute atomic E-state index is 11.3. The molecule has 0 spiro atoms. The second kappa shape index (κ2) is 4.67. The van der Waals surface area contributed by atoms with Gasteiger partial charge in [-0.05, 0) is 12.5 Å². The van der Waals surface area contributed by atoms with Gasteiger partial charge < -0.3 is 15.0 Å². The summed E-state index contributed by atoms with van der Waals surface area (Å²) < 4.78 is 1.82. The van der Waals surface area contributed by atoms with Crippen molar-refractivity contribution in [1.29, 1.82) is 0 Å². The van der Waals surface area contributed by atoms with Gasteiger partial charge >= 0.3 is 0 Å². The zero-order chi connectivity index (χ0) is 9.68. The SMILES string of the molecule is Cn1ccc(C(=O)NCCCO)c1. The van der Waals surface area contributed by atoms with Gasteiger partial charge in [0.2, 0.25) is 0 Å². The molecule has 1 amide bonds. The van der Waals surface area contributed by atoms with E-state index in [4.69, 9.17) is 5.11 Å². The Kier molecular flexibility index (Phi) is 3.52. The molecule has 1 rings (SSSR count). The number of rotatable bonds is 4. The van der Waals surface area contributed by atoms with Crippen LogP contribution in [0.15, 0.2) is 18.5 Å². The molecule has 0 aliphatic heterocycles. The predicted octanol–water partition coefficient (Wildman–Crippen LogP) is 0.137. The fourth-order valence-electron chi connectivity index (χ4n) is 1.02. The van der Waals surface area contributed by atoms with Gasteiger partial charge in [0, 0.05) is 32.6 Å². The number of aliphatic hydroxyl groups is 1. The van der Waals surface area contributed by atoms with Crippen molar-refractivity contribution in [2.75, 3.05) is 13.2 Å². The quantitative estimate of drug-likeness (QED) is 0.651. The molecule has 1 aromatic heterocycles. The van der Waals surface area contributed by atoms with Gasteiger partial charge in [-0.3, -0.25) is 4.79 Å². The maximum Gasteiger partial charge on any atom is 0.252 e. The minimum atomic E-state index is -0.0888. The highest BCUT2D eigenvalue weighted by Crippen LogP contribution is 1.98. The number of hydrogen-bond acceptors (Lipinski definition) is 2. The van der Waals surface area contributed by atoms with Crippen LogP contribution in [0.3, 0.4) is 0 Å². The maximum atomic E-state index is 11.3. The lowest BCUT2D eigenvalue weighted by molar-refractivity contribution is 0.0951. The molecule has 4 nitrogen and oxygen atoms in total. The summed E-state index contributed by atoms with van der Waals surface area (Å²) in [6.45, 7) is 0.624. The van der Waals surface area contributed by atoms with Crippen LogP contribution >= 0.6 is 0 Å². The fourth-order valence-corrected chi connectivity index (χ4v) is 1.02. The molecule has 2 N–H and O–H groups in total. The highest BCUT2D eigenvalue weighted by molar-refractivity contribution is 5.93. The highest BCUT2D eigenvalue weighted by Gasteiger charge is 2.04. The Bertz CT molecular complexity index is 281. The van der Waals surface area contributed by atoms with E-state index in [1.54, 1.807) is 12.3 Å². The van der Waals surface area contributed by atoms with Crippen LogP contribution in [-0.2, 0) is 7.05 Å². The average molecular weight is 182 g/mol. The Balaban J connectivity index is 2.40. The molecule has 72 valence electrons. The molecule has 0 fully saturated rings. The van der Waals surface area contributed by atoms with E-state index in [0.717, 1.165) is 0 Å². The summed E-state index contributed by atoms with van der Waals surface area (Å²) in [5, 5.41) is 11.2. The van der Waals surface area contributed by atoms with Crippen molar-refractivity contribution in [2.24, 2.45) is 7.05 Å². The predicted molar refractivity (Wildman–Crippen MR) is 49.4 cm³/mol. The number of aromatic nitrogens is 1. The average Bonchev–Trinajstić information content (AvgIpc) is 2.52. The molecule has 0 saturated heterocycles. The van der Waals surface area contributed by atoms with Crippen LogP contribution in [0, 0.1) is 0 Å². The first kappa shape index (κ1) is 9.80. The van der Waals surface area contributed by atoms with Gasteiger partial charge in [0.05, 0.1) is 5.56 Å². The molecule has 4 heteroatoms. The fraction of sp³-hybridized carbons (Fsp3) is 0.444. The number of carbonyl (C=O) groups excluding carboxylic acids is 1. The summed E-state index contributed by atoms with van der Waals surface area (Å²) in [5.74, 6) is -0.0888. The van der Waals surface area contributed by atoms with Crippen molar-refractivity contribution >= 4 is 5.91 Å². The number of nitrogens with zero attached hydrogens (tertiary/aromatic N) is 1. The number of nitrogens with one attached hydrogen (secondary N) is 1. The number of hydrogen-bond donors (Lipinski definition) is 2. The monoisotopic (exact) mass is 182 g/mol. The van der Waals surface area contributed by atoms with Gasteiger partial charge in [0.15, 0.2) is 0 Å². The Labute approximate surface area is 77.2 Å². The first-order chi connectivity index (χ1) is 6.24. The van der Waals surface area contributed by atoms with Crippen LogP contribution in [-0.4, -0.2) is 28.7 Å². The second-order valence-corrected chi connectivity index (χ2v) is 2.90. The smallest absolute Gasteiger partial charge is 0.252 e. The van der Waals surface area contributed by atoms with E-state index in [2.05, 4.69) is 5.32 Å². The molecule has 0 aromatic carbocycles. The van der Waals surface area contributed by atoms with Gasteiger partial charge in [0.1, 0.15) is 0 Å². The van der Waals surface area contributed by atoms with E-state index in [1.807, 2.05) is 17.8 Å². The van der Waals surface area contributed by atoms with Gasteiger partial charge in [-0.2, -0.15) is 0 Å². The number of carbonyl (C=O) groups is 1. The Hall–Kier alpha value is -1.29. The second-order valence-electron chi connectivity index (χ2n) is 2.90.